The summed E-state index contributed by atoms with van der Waals surface area (Å²) in [5.41, 5.74) is 8.26. The highest BCUT2D eigenvalue weighted by atomic mass is 16.5. The second-order valence-corrected chi connectivity index (χ2v) is 4.70. The van der Waals surface area contributed by atoms with E-state index in [4.69, 9.17) is 10.5 Å². The fraction of sp³-hybridized carbons (Fsp3) is 0.188. The van der Waals surface area contributed by atoms with E-state index >= 15 is 0 Å². The van der Waals surface area contributed by atoms with Gasteiger partial charge in [-0.2, -0.15) is 0 Å². The molecule has 2 N–H and O–H groups in total. The first-order chi connectivity index (χ1) is 9.79. The van der Waals surface area contributed by atoms with Crippen LogP contribution in [0.5, 0.6) is 5.75 Å². The fourth-order valence-corrected chi connectivity index (χ4v) is 2.50. The SMILES string of the molecule is COc1cccc(C2CN=C(N)N2c2ccccc2)c1. The van der Waals surface area contributed by atoms with Crippen LogP contribution in [0.25, 0.3) is 0 Å². The Morgan fingerprint density at radius 1 is 1.15 bits per heavy atom. The summed E-state index contributed by atoms with van der Waals surface area (Å²) in [6.07, 6.45) is 0. The van der Waals surface area contributed by atoms with Gasteiger partial charge in [-0.25, -0.2) is 0 Å². The summed E-state index contributed by atoms with van der Waals surface area (Å²) >= 11 is 0. The minimum atomic E-state index is 0.118. The lowest BCUT2D eigenvalue weighted by molar-refractivity contribution is 0.414. The van der Waals surface area contributed by atoms with E-state index in [2.05, 4.69) is 16.0 Å². The molecule has 0 aliphatic carbocycles. The fourth-order valence-electron chi connectivity index (χ4n) is 2.50. The zero-order chi connectivity index (χ0) is 13.9. The number of guanidine groups is 1. The molecule has 0 aromatic heterocycles. The standard InChI is InChI=1S/C16H17N3O/c1-20-14-9-5-6-12(10-14)15-11-18-16(17)19(15)13-7-3-2-4-8-13/h2-10,15H,11H2,1H3,(H2,17,18). The molecular formula is C16H17N3O. The highest BCUT2D eigenvalue weighted by Crippen LogP contribution is 2.32. The van der Waals surface area contributed by atoms with Crippen LogP contribution in [-0.2, 0) is 0 Å². The Labute approximate surface area is 118 Å². The first-order valence-electron chi connectivity index (χ1n) is 6.58. The van der Waals surface area contributed by atoms with E-state index in [1.54, 1.807) is 7.11 Å². The van der Waals surface area contributed by atoms with Crippen molar-refractivity contribution in [1.29, 1.82) is 0 Å². The van der Waals surface area contributed by atoms with Crippen molar-refractivity contribution in [3.63, 3.8) is 0 Å². The number of anilines is 1. The van der Waals surface area contributed by atoms with Crippen molar-refractivity contribution in [3.05, 3.63) is 60.2 Å². The summed E-state index contributed by atoms with van der Waals surface area (Å²) in [6, 6.07) is 18.3. The highest BCUT2D eigenvalue weighted by molar-refractivity contribution is 5.97. The van der Waals surface area contributed by atoms with E-state index in [1.807, 2.05) is 48.5 Å². The topological polar surface area (TPSA) is 50.9 Å². The normalized spacial score (nSPS) is 17.9. The molecule has 4 nitrogen and oxygen atoms in total. The van der Waals surface area contributed by atoms with Gasteiger partial charge in [-0.15, -0.1) is 0 Å². The molecular weight excluding hydrogens is 250 g/mol. The molecule has 0 amide bonds. The van der Waals surface area contributed by atoms with Crippen LogP contribution in [0.2, 0.25) is 0 Å². The van der Waals surface area contributed by atoms with Gasteiger partial charge < -0.3 is 15.4 Å². The molecule has 0 saturated heterocycles. The highest BCUT2D eigenvalue weighted by Gasteiger charge is 2.28. The number of para-hydroxylation sites is 1. The van der Waals surface area contributed by atoms with Gasteiger partial charge in [-0.3, -0.25) is 4.99 Å². The molecule has 0 saturated carbocycles. The summed E-state index contributed by atoms with van der Waals surface area (Å²) in [5.74, 6) is 1.41. The molecule has 1 heterocycles. The molecule has 2 aromatic rings. The molecule has 20 heavy (non-hydrogen) atoms. The lowest BCUT2D eigenvalue weighted by atomic mass is 10.1. The smallest absolute Gasteiger partial charge is 0.196 e. The Morgan fingerprint density at radius 3 is 2.70 bits per heavy atom. The number of aliphatic imine (C=N–C) groups is 1. The van der Waals surface area contributed by atoms with E-state index in [0.717, 1.165) is 17.0 Å². The van der Waals surface area contributed by atoms with Crippen molar-refractivity contribution in [2.24, 2.45) is 10.7 Å². The van der Waals surface area contributed by atoms with Gasteiger partial charge in [-0.05, 0) is 29.8 Å². The molecule has 102 valence electrons. The maximum Gasteiger partial charge on any atom is 0.196 e. The van der Waals surface area contributed by atoms with Gasteiger partial charge in [0.2, 0.25) is 0 Å². The Kier molecular flexibility index (Phi) is 3.29. The van der Waals surface area contributed by atoms with Crippen LogP contribution < -0.4 is 15.4 Å². The first kappa shape index (κ1) is 12.5. The average Bonchev–Trinajstić information content (AvgIpc) is 2.90. The van der Waals surface area contributed by atoms with Crippen molar-refractivity contribution >= 4 is 11.6 Å². The summed E-state index contributed by atoms with van der Waals surface area (Å²) in [7, 11) is 1.67. The van der Waals surface area contributed by atoms with Crippen molar-refractivity contribution in [2.75, 3.05) is 18.6 Å². The van der Waals surface area contributed by atoms with Crippen molar-refractivity contribution < 1.29 is 4.74 Å². The number of hydrogen-bond acceptors (Lipinski definition) is 4. The zero-order valence-corrected chi connectivity index (χ0v) is 11.4. The average molecular weight is 267 g/mol. The minimum Gasteiger partial charge on any atom is -0.497 e. The minimum absolute atomic E-state index is 0.118. The number of rotatable bonds is 3. The summed E-state index contributed by atoms with van der Waals surface area (Å²) < 4.78 is 5.30. The van der Waals surface area contributed by atoms with Crippen molar-refractivity contribution in [1.82, 2.24) is 0 Å². The van der Waals surface area contributed by atoms with Gasteiger partial charge in [0.15, 0.2) is 5.96 Å². The van der Waals surface area contributed by atoms with E-state index < -0.39 is 0 Å². The predicted molar refractivity (Wildman–Crippen MR) is 81.1 cm³/mol. The Bertz CT molecular complexity index is 625. The Morgan fingerprint density at radius 2 is 1.95 bits per heavy atom. The number of benzene rings is 2. The van der Waals surface area contributed by atoms with Gasteiger partial charge >= 0.3 is 0 Å². The molecule has 2 aromatic carbocycles. The van der Waals surface area contributed by atoms with Gasteiger partial charge in [0.1, 0.15) is 5.75 Å². The summed E-state index contributed by atoms with van der Waals surface area (Å²) in [4.78, 5) is 6.45. The van der Waals surface area contributed by atoms with Crippen LogP contribution in [0.15, 0.2) is 59.6 Å². The van der Waals surface area contributed by atoms with E-state index in [-0.39, 0.29) is 6.04 Å². The molecule has 0 fully saturated rings. The number of nitrogens with zero attached hydrogens (tertiary/aromatic N) is 2. The second kappa shape index (κ2) is 5.25. The molecule has 1 atom stereocenters. The second-order valence-electron chi connectivity index (χ2n) is 4.70. The maximum absolute atomic E-state index is 6.05. The van der Waals surface area contributed by atoms with Gasteiger partial charge in [0.25, 0.3) is 0 Å². The quantitative estimate of drug-likeness (QED) is 0.930. The Hall–Kier alpha value is -2.49. The molecule has 0 radical (unpaired) electrons. The first-order valence-corrected chi connectivity index (χ1v) is 6.58. The number of hydrogen-bond donors (Lipinski definition) is 1. The van der Waals surface area contributed by atoms with E-state index in [9.17, 15) is 0 Å². The third kappa shape index (κ3) is 2.20. The maximum atomic E-state index is 6.05. The van der Waals surface area contributed by atoms with E-state index in [1.165, 1.54) is 0 Å². The van der Waals surface area contributed by atoms with Crippen LogP contribution in [0.3, 0.4) is 0 Å². The molecule has 1 unspecified atom stereocenters. The molecule has 1 aliphatic heterocycles. The van der Waals surface area contributed by atoms with Crippen molar-refractivity contribution in [3.8, 4) is 5.75 Å². The Balaban J connectivity index is 1.97. The largest absolute Gasteiger partial charge is 0.497 e. The van der Waals surface area contributed by atoms with E-state index in [0.29, 0.717) is 12.5 Å². The van der Waals surface area contributed by atoms with Gasteiger partial charge in [0.05, 0.1) is 19.7 Å². The molecule has 0 bridgehead atoms. The van der Waals surface area contributed by atoms with Crippen LogP contribution >= 0.6 is 0 Å². The molecule has 0 spiro atoms. The zero-order valence-electron chi connectivity index (χ0n) is 11.4. The summed E-state index contributed by atoms with van der Waals surface area (Å²) in [6.45, 7) is 0.661. The third-order valence-corrected chi connectivity index (χ3v) is 3.50. The van der Waals surface area contributed by atoms with Crippen molar-refractivity contribution in [2.45, 2.75) is 6.04 Å². The lowest BCUT2D eigenvalue weighted by Crippen LogP contribution is -2.36. The predicted octanol–water partition coefficient (Wildman–Crippen LogP) is 2.57. The third-order valence-electron chi connectivity index (χ3n) is 3.50. The van der Waals surface area contributed by atoms with Gasteiger partial charge in [0, 0.05) is 5.69 Å². The molecule has 1 aliphatic rings. The van der Waals surface area contributed by atoms with Crippen LogP contribution in [-0.4, -0.2) is 19.6 Å². The molecule has 3 rings (SSSR count). The van der Waals surface area contributed by atoms with Crippen LogP contribution in [0.1, 0.15) is 11.6 Å². The number of methoxy groups -OCH3 is 1. The van der Waals surface area contributed by atoms with Crippen LogP contribution in [0, 0.1) is 0 Å². The number of nitrogens with two attached hydrogens (primary N) is 1. The lowest BCUT2D eigenvalue weighted by Gasteiger charge is -2.26. The monoisotopic (exact) mass is 267 g/mol. The van der Waals surface area contributed by atoms with Crippen LogP contribution in [0.4, 0.5) is 5.69 Å². The number of ether oxygens (including phenoxy) is 1. The van der Waals surface area contributed by atoms with Gasteiger partial charge in [-0.1, -0.05) is 30.3 Å². The summed E-state index contributed by atoms with van der Waals surface area (Å²) in [5, 5.41) is 0. The molecule has 4 heteroatoms.